The number of amides is 1. The summed E-state index contributed by atoms with van der Waals surface area (Å²) in [6, 6.07) is 6.07. The molecule has 96 valence electrons. The van der Waals surface area contributed by atoms with Gasteiger partial charge in [0.1, 0.15) is 11.3 Å². The molecule has 5 heteroatoms. The number of para-hydroxylation sites is 1. The number of aromatic hydroxyl groups is 1. The monoisotopic (exact) mass is 249 g/mol. The largest absolute Gasteiger partial charge is 0.507 e. The lowest BCUT2D eigenvalue weighted by atomic mass is 9.95. The third-order valence-corrected chi connectivity index (χ3v) is 3.36. The Bertz CT molecular complexity index is 496. The summed E-state index contributed by atoms with van der Waals surface area (Å²) in [7, 11) is 0. The summed E-state index contributed by atoms with van der Waals surface area (Å²) in [5, 5.41) is 21.3. The highest BCUT2D eigenvalue weighted by molar-refractivity contribution is 5.99. The van der Waals surface area contributed by atoms with Crippen LogP contribution in [0, 0.1) is 5.92 Å². The molecule has 0 heterocycles. The maximum absolute atomic E-state index is 12.0. The zero-order valence-corrected chi connectivity index (χ0v) is 10.0. The Balaban J connectivity index is 2.20. The maximum Gasteiger partial charge on any atom is 0.329 e. The first kappa shape index (κ1) is 12.4. The van der Waals surface area contributed by atoms with Gasteiger partial charge >= 0.3 is 5.97 Å². The van der Waals surface area contributed by atoms with Gasteiger partial charge in [0.25, 0.3) is 5.91 Å². The van der Waals surface area contributed by atoms with Crippen LogP contribution >= 0.6 is 0 Å². The Morgan fingerprint density at radius 3 is 2.44 bits per heavy atom. The summed E-state index contributed by atoms with van der Waals surface area (Å²) < 4.78 is 0. The molecule has 5 nitrogen and oxygen atoms in total. The van der Waals surface area contributed by atoms with E-state index in [1.54, 1.807) is 12.1 Å². The van der Waals surface area contributed by atoms with Gasteiger partial charge in [-0.1, -0.05) is 12.1 Å². The first-order chi connectivity index (χ1) is 8.45. The minimum Gasteiger partial charge on any atom is -0.507 e. The summed E-state index contributed by atoms with van der Waals surface area (Å²) in [4.78, 5) is 23.3. The molecule has 18 heavy (non-hydrogen) atoms. The van der Waals surface area contributed by atoms with Crippen LogP contribution in [0.25, 0.3) is 0 Å². The highest BCUT2D eigenvalue weighted by atomic mass is 16.4. The van der Waals surface area contributed by atoms with Crippen LogP contribution < -0.4 is 5.32 Å². The van der Waals surface area contributed by atoms with Crippen molar-refractivity contribution in [3.8, 4) is 5.75 Å². The molecule has 0 saturated heterocycles. The fourth-order valence-electron chi connectivity index (χ4n) is 1.96. The number of carbonyl (C=O) groups is 2. The van der Waals surface area contributed by atoms with E-state index >= 15 is 0 Å². The molecular formula is C13H15NO4. The van der Waals surface area contributed by atoms with E-state index in [0.29, 0.717) is 0 Å². The average Bonchev–Trinajstić information content (AvgIpc) is 3.13. The van der Waals surface area contributed by atoms with Crippen LogP contribution in [-0.2, 0) is 4.79 Å². The maximum atomic E-state index is 12.0. The molecule has 1 saturated carbocycles. The molecule has 1 unspecified atom stereocenters. The second-order valence-electron chi connectivity index (χ2n) is 4.75. The van der Waals surface area contributed by atoms with Gasteiger partial charge in [0.05, 0.1) is 5.56 Å². The van der Waals surface area contributed by atoms with Crippen LogP contribution in [0.5, 0.6) is 5.75 Å². The van der Waals surface area contributed by atoms with Gasteiger partial charge in [-0.15, -0.1) is 0 Å². The Kier molecular flexibility index (Phi) is 2.98. The zero-order valence-electron chi connectivity index (χ0n) is 10.0. The number of carbonyl (C=O) groups excluding carboxylic acids is 1. The third kappa shape index (κ3) is 2.16. The van der Waals surface area contributed by atoms with E-state index in [2.05, 4.69) is 5.32 Å². The second-order valence-corrected chi connectivity index (χ2v) is 4.75. The van der Waals surface area contributed by atoms with Crippen molar-refractivity contribution < 1.29 is 19.8 Å². The molecule has 1 aromatic carbocycles. The molecule has 2 rings (SSSR count). The third-order valence-electron chi connectivity index (χ3n) is 3.36. The highest BCUT2D eigenvalue weighted by Gasteiger charge is 2.48. The van der Waals surface area contributed by atoms with E-state index in [1.165, 1.54) is 19.1 Å². The quantitative estimate of drug-likeness (QED) is 0.752. The Morgan fingerprint density at radius 1 is 1.33 bits per heavy atom. The number of hydrogen-bond acceptors (Lipinski definition) is 3. The molecule has 3 N–H and O–H groups in total. The number of phenols is 1. The number of rotatable bonds is 4. The number of carboxylic acid groups (broad SMARTS) is 1. The Morgan fingerprint density at radius 2 is 1.94 bits per heavy atom. The van der Waals surface area contributed by atoms with Crippen LogP contribution in [0.2, 0.25) is 0 Å². The van der Waals surface area contributed by atoms with Crippen molar-refractivity contribution in [2.24, 2.45) is 5.92 Å². The topological polar surface area (TPSA) is 86.6 Å². The number of hydrogen-bond donors (Lipinski definition) is 3. The first-order valence-corrected chi connectivity index (χ1v) is 5.79. The van der Waals surface area contributed by atoms with E-state index < -0.39 is 17.4 Å². The minimum atomic E-state index is -1.26. The number of benzene rings is 1. The van der Waals surface area contributed by atoms with Crippen LogP contribution in [0.3, 0.4) is 0 Å². The molecule has 0 bridgehead atoms. The van der Waals surface area contributed by atoms with E-state index in [4.69, 9.17) is 0 Å². The molecule has 1 fully saturated rings. The zero-order chi connectivity index (χ0) is 13.3. The average molecular weight is 249 g/mol. The van der Waals surface area contributed by atoms with E-state index in [0.717, 1.165) is 12.8 Å². The van der Waals surface area contributed by atoms with Gasteiger partial charge in [-0.05, 0) is 37.8 Å². The lowest BCUT2D eigenvalue weighted by molar-refractivity contribution is -0.144. The number of phenolic OH excluding ortho intramolecular Hbond substituents is 1. The Hall–Kier alpha value is -2.04. The number of aliphatic carboxylic acids is 1. The van der Waals surface area contributed by atoms with Crippen LogP contribution in [-0.4, -0.2) is 27.6 Å². The number of carboxylic acids is 1. The summed E-state index contributed by atoms with van der Waals surface area (Å²) >= 11 is 0. The van der Waals surface area contributed by atoms with Gasteiger partial charge in [0.2, 0.25) is 0 Å². The first-order valence-electron chi connectivity index (χ1n) is 5.79. The second kappa shape index (κ2) is 4.33. The predicted octanol–water partition coefficient (Wildman–Crippen LogP) is 1.38. The van der Waals surface area contributed by atoms with Crippen molar-refractivity contribution >= 4 is 11.9 Å². The normalized spacial score (nSPS) is 17.8. The molecule has 1 amide bonds. The molecule has 1 aliphatic rings. The van der Waals surface area contributed by atoms with Gasteiger partial charge in [-0.25, -0.2) is 4.79 Å². The fourth-order valence-corrected chi connectivity index (χ4v) is 1.96. The minimum absolute atomic E-state index is 0.0372. The van der Waals surface area contributed by atoms with Gasteiger partial charge < -0.3 is 15.5 Å². The van der Waals surface area contributed by atoms with E-state index in [-0.39, 0.29) is 17.2 Å². The summed E-state index contributed by atoms with van der Waals surface area (Å²) in [5.74, 6) is -1.80. The summed E-state index contributed by atoms with van der Waals surface area (Å²) in [5.41, 5.74) is -1.18. The van der Waals surface area contributed by atoms with Crippen molar-refractivity contribution in [2.75, 3.05) is 0 Å². The summed E-state index contributed by atoms with van der Waals surface area (Å²) in [6.07, 6.45) is 1.59. The van der Waals surface area contributed by atoms with Gasteiger partial charge in [-0.3, -0.25) is 4.79 Å². The summed E-state index contributed by atoms with van der Waals surface area (Å²) in [6.45, 7) is 1.50. The van der Waals surface area contributed by atoms with E-state index in [9.17, 15) is 19.8 Å². The lowest BCUT2D eigenvalue weighted by Crippen LogP contribution is -2.54. The van der Waals surface area contributed by atoms with Crippen LogP contribution in [0.1, 0.15) is 30.1 Å². The van der Waals surface area contributed by atoms with Gasteiger partial charge in [0.15, 0.2) is 0 Å². The molecule has 1 atom stereocenters. The molecule has 0 aromatic heterocycles. The van der Waals surface area contributed by atoms with E-state index in [1.807, 2.05) is 0 Å². The number of nitrogens with one attached hydrogen (secondary N) is 1. The molecule has 0 aliphatic heterocycles. The fraction of sp³-hybridized carbons (Fsp3) is 0.385. The molecule has 1 aromatic rings. The lowest BCUT2D eigenvalue weighted by Gasteiger charge is -2.26. The smallest absolute Gasteiger partial charge is 0.329 e. The van der Waals surface area contributed by atoms with Crippen molar-refractivity contribution in [2.45, 2.75) is 25.3 Å². The van der Waals surface area contributed by atoms with Gasteiger partial charge in [-0.2, -0.15) is 0 Å². The van der Waals surface area contributed by atoms with Crippen molar-refractivity contribution in [3.63, 3.8) is 0 Å². The Labute approximate surface area is 104 Å². The molecule has 0 spiro atoms. The molecular weight excluding hydrogens is 234 g/mol. The van der Waals surface area contributed by atoms with Crippen molar-refractivity contribution in [1.82, 2.24) is 5.32 Å². The van der Waals surface area contributed by atoms with Crippen molar-refractivity contribution in [3.05, 3.63) is 29.8 Å². The van der Waals surface area contributed by atoms with Gasteiger partial charge in [0, 0.05) is 0 Å². The SMILES string of the molecule is CC(NC(=O)c1ccccc1O)(C(=O)O)C1CC1. The van der Waals surface area contributed by atoms with Crippen molar-refractivity contribution in [1.29, 1.82) is 0 Å². The standard InChI is InChI=1S/C13H15NO4/c1-13(12(17)18,8-6-7-8)14-11(16)9-4-2-3-5-10(9)15/h2-5,8,15H,6-7H2,1H3,(H,14,16)(H,17,18). The molecule has 0 radical (unpaired) electrons. The van der Waals surface area contributed by atoms with Crippen LogP contribution in [0.15, 0.2) is 24.3 Å². The molecule has 1 aliphatic carbocycles. The van der Waals surface area contributed by atoms with Crippen LogP contribution in [0.4, 0.5) is 0 Å². The predicted molar refractivity (Wildman–Crippen MR) is 64.3 cm³/mol. The highest BCUT2D eigenvalue weighted by Crippen LogP contribution is 2.40.